The molecule has 3 heteroatoms. The Morgan fingerprint density at radius 3 is 2.50 bits per heavy atom. The zero-order valence-corrected chi connectivity index (χ0v) is 8.23. The summed E-state index contributed by atoms with van der Waals surface area (Å²) in [4.78, 5) is 2.32. The summed E-state index contributed by atoms with van der Waals surface area (Å²) in [6, 6.07) is 10.9. The Bertz CT molecular complexity index is 272. The fraction of sp³-hybridized carbons (Fsp3) is 0.455. The minimum atomic E-state index is 0.515. The summed E-state index contributed by atoms with van der Waals surface area (Å²) < 4.78 is 5.20. The minimum absolute atomic E-state index is 0.515. The summed E-state index contributed by atoms with van der Waals surface area (Å²) in [7, 11) is 0. The fourth-order valence-corrected chi connectivity index (χ4v) is 1.68. The van der Waals surface area contributed by atoms with Gasteiger partial charge in [0.2, 0.25) is 0 Å². The first-order chi connectivity index (χ1) is 6.92. The van der Waals surface area contributed by atoms with E-state index in [9.17, 15) is 0 Å². The molecule has 1 fully saturated rings. The van der Waals surface area contributed by atoms with Crippen LogP contribution < -0.4 is 10.6 Å². The lowest BCUT2D eigenvalue weighted by Crippen LogP contribution is -2.50. The van der Waals surface area contributed by atoms with Crippen molar-refractivity contribution in [3.8, 4) is 0 Å². The van der Waals surface area contributed by atoms with Gasteiger partial charge in [0.25, 0.3) is 0 Å². The molecule has 0 saturated carbocycles. The molecule has 1 heterocycles. The van der Waals surface area contributed by atoms with Crippen LogP contribution in [0.15, 0.2) is 30.3 Å². The van der Waals surface area contributed by atoms with E-state index >= 15 is 0 Å². The van der Waals surface area contributed by atoms with Gasteiger partial charge in [-0.2, -0.15) is 0 Å². The van der Waals surface area contributed by atoms with Crippen LogP contribution in [0, 0.1) is 0 Å². The van der Waals surface area contributed by atoms with Gasteiger partial charge in [0.1, 0.15) is 0 Å². The molecule has 2 N–H and O–H groups in total. The lowest BCUT2D eigenvalue weighted by atomic mass is 10.2. The summed E-state index contributed by atoms with van der Waals surface area (Å²) in [5, 5.41) is 0. The molecule has 0 spiro atoms. The lowest BCUT2D eigenvalue weighted by molar-refractivity contribution is 0.00831. The van der Waals surface area contributed by atoms with Crippen molar-refractivity contribution in [3.05, 3.63) is 30.3 Å². The summed E-state index contributed by atoms with van der Waals surface area (Å²) in [5.41, 5.74) is 6.84. The maximum atomic E-state index is 5.60. The SMILES string of the molecule is NCCN(c1ccccc1)C1COC1. The molecule has 3 nitrogen and oxygen atoms in total. The van der Waals surface area contributed by atoms with Crippen molar-refractivity contribution in [3.63, 3.8) is 0 Å². The number of nitrogens with zero attached hydrogens (tertiary/aromatic N) is 1. The average molecular weight is 192 g/mol. The highest BCUT2D eigenvalue weighted by Crippen LogP contribution is 2.19. The van der Waals surface area contributed by atoms with Gasteiger partial charge in [-0.1, -0.05) is 18.2 Å². The smallest absolute Gasteiger partial charge is 0.0757 e. The number of benzene rings is 1. The molecule has 1 aliphatic heterocycles. The Balaban J connectivity index is 2.09. The molecule has 0 radical (unpaired) electrons. The number of nitrogens with two attached hydrogens (primary N) is 1. The van der Waals surface area contributed by atoms with Crippen LogP contribution in [-0.4, -0.2) is 32.3 Å². The predicted molar refractivity (Wildman–Crippen MR) is 57.4 cm³/mol. The maximum Gasteiger partial charge on any atom is 0.0757 e. The van der Waals surface area contributed by atoms with Gasteiger partial charge in [0, 0.05) is 18.8 Å². The number of ether oxygens (including phenoxy) is 1. The average Bonchev–Trinajstić information content (AvgIpc) is 2.16. The van der Waals surface area contributed by atoms with Crippen molar-refractivity contribution in [2.45, 2.75) is 6.04 Å². The number of hydrogen-bond acceptors (Lipinski definition) is 3. The third-order valence-electron chi connectivity index (χ3n) is 2.52. The molecule has 1 saturated heterocycles. The first-order valence-electron chi connectivity index (χ1n) is 5.01. The molecule has 0 aliphatic carbocycles. The van der Waals surface area contributed by atoms with Gasteiger partial charge in [-0.3, -0.25) is 0 Å². The van der Waals surface area contributed by atoms with Crippen LogP contribution in [0.3, 0.4) is 0 Å². The highest BCUT2D eigenvalue weighted by molar-refractivity contribution is 5.47. The van der Waals surface area contributed by atoms with Crippen molar-refractivity contribution in [1.29, 1.82) is 0 Å². The number of anilines is 1. The second-order valence-electron chi connectivity index (χ2n) is 3.51. The molecule has 76 valence electrons. The van der Waals surface area contributed by atoms with Gasteiger partial charge >= 0.3 is 0 Å². The van der Waals surface area contributed by atoms with E-state index in [-0.39, 0.29) is 0 Å². The second-order valence-corrected chi connectivity index (χ2v) is 3.51. The van der Waals surface area contributed by atoms with Crippen LogP contribution in [-0.2, 0) is 4.74 Å². The Kier molecular flexibility index (Phi) is 3.01. The predicted octanol–water partition coefficient (Wildman–Crippen LogP) is 0.850. The molecule has 2 rings (SSSR count). The van der Waals surface area contributed by atoms with E-state index in [2.05, 4.69) is 29.2 Å². The first kappa shape index (κ1) is 9.49. The van der Waals surface area contributed by atoms with Gasteiger partial charge in [0.15, 0.2) is 0 Å². The highest BCUT2D eigenvalue weighted by Gasteiger charge is 2.25. The summed E-state index contributed by atoms with van der Waals surface area (Å²) in [6.07, 6.45) is 0. The van der Waals surface area contributed by atoms with E-state index < -0.39 is 0 Å². The van der Waals surface area contributed by atoms with Crippen LogP contribution in [0.4, 0.5) is 5.69 Å². The number of rotatable bonds is 4. The van der Waals surface area contributed by atoms with E-state index in [1.807, 2.05) is 6.07 Å². The van der Waals surface area contributed by atoms with Crippen LogP contribution >= 0.6 is 0 Å². The highest BCUT2D eigenvalue weighted by atomic mass is 16.5. The Morgan fingerprint density at radius 2 is 2.00 bits per heavy atom. The van der Waals surface area contributed by atoms with Crippen molar-refractivity contribution in [2.24, 2.45) is 5.73 Å². The van der Waals surface area contributed by atoms with Crippen molar-refractivity contribution >= 4 is 5.69 Å². The fourth-order valence-electron chi connectivity index (χ4n) is 1.68. The van der Waals surface area contributed by atoms with E-state index in [0.717, 1.165) is 19.8 Å². The van der Waals surface area contributed by atoms with E-state index in [1.165, 1.54) is 5.69 Å². The molecule has 1 aromatic carbocycles. The normalized spacial score (nSPS) is 16.4. The van der Waals surface area contributed by atoms with Crippen LogP contribution in [0.2, 0.25) is 0 Å². The number of hydrogen-bond donors (Lipinski definition) is 1. The van der Waals surface area contributed by atoms with E-state index in [4.69, 9.17) is 10.5 Å². The molecule has 1 aromatic rings. The molecule has 0 amide bonds. The van der Waals surface area contributed by atoms with Crippen molar-refractivity contribution in [1.82, 2.24) is 0 Å². The van der Waals surface area contributed by atoms with E-state index in [1.54, 1.807) is 0 Å². The molecule has 14 heavy (non-hydrogen) atoms. The largest absolute Gasteiger partial charge is 0.377 e. The summed E-state index contributed by atoms with van der Waals surface area (Å²) >= 11 is 0. The number of para-hydroxylation sites is 1. The zero-order chi connectivity index (χ0) is 9.80. The third kappa shape index (κ3) is 1.89. The van der Waals surface area contributed by atoms with Crippen LogP contribution in [0.25, 0.3) is 0 Å². The van der Waals surface area contributed by atoms with Gasteiger partial charge in [-0.05, 0) is 12.1 Å². The van der Waals surface area contributed by atoms with Gasteiger partial charge in [-0.15, -0.1) is 0 Å². The third-order valence-corrected chi connectivity index (χ3v) is 2.52. The standard InChI is InChI=1S/C11H16N2O/c12-6-7-13(11-8-14-9-11)10-4-2-1-3-5-10/h1-5,11H,6-9,12H2. The Labute approximate surface area is 84.5 Å². The Morgan fingerprint density at radius 1 is 1.29 bits per heavy atom. The summed E-state index contributed by atoms with van der Waals surface area (Å²) in [6.45, 7) is 3.24. The monoisotopic (exact) mass is 192 g/mol. The molecular formula is C11H16N2O. The van der Waals surface area contributed by atoms with Crippen molar-refractivity contribution < 1.29 is 4.74 Å². The van der Waals surface area contributed by atoms with Gasteiger partial charge in [-0.25, -0.2) is 0 Å². The maximum absolute atomic E-state index is 5.60. The second kappa shape index (κ2) is 4.44. The molecule has 0 bridgehead atoms. The van der Waals surface area contributed by atoms with Crippen LogP contribution in [0.1, 0.15) is 0 Å². The lowest BCUT2D eigenvalue weighted by Gasteiger charge is -2.38. The quantitative estimate of drug-likeness (QED) is 0.768. The van der Waals surface area contributed by atoms with Crippen LogP contribution in [0.5, 0.6) is 0 Å². The first-order valence-corrected chi connectivity index (χ1v) is 5.01. The Hall–Kier alpha value is -1.06. The van der Waals surface area contributed by atoms with E-state index in [0.29, 0.717) is 12.6 Å². The van der Waals surface area contributed by atoms with Crippen molar-refractivity contribution in [2.75, 3.05) is 31.2 Å². The zero-order valence-electron chi connectivity index (χ0n) is 8.23. The molecule has 1 aliphatic rings. The molecular weight excluding hydrogens is 176 g/mol. The molecule has 0 unspecified atom stereocenters. The molecule has 0 atom stereocenters. The van der Waals surface area contributed by atoms with Gasteiger partial charge < -0.3 is 15.4 Å². The molecule has 0 aromatic heterocycles. The minimum Gasteiger partial charge on any atom is -0.377 e. The summed E-state index contributed by atoms with van der Waals surface area (Å²) in [5.74, 6) is 0. The topological polar surface area (TPSA) is 38.5 Å². The van der Waals surface area contributed by atoms with Gasteiger partial charge in [0.05, 0.1) is 19.3 Å².